The average molecular weight is 366 g/mol. The highest BCUT2D eigenvalue weighted by Gasteiger charge is 2.22. The van der Waals surface area contributed by atoms with Crippen molar-refractivity contribution in [2.24, 2.45) is 5.73 Å². The van der Waals surface area contributed by atoms with Gasteiger partial charge < -0.3 is 15.7 Å². The fraction of sp³-hybridized carbons (Fsp3) is 0.286. The maximum atomic E-state index is 10.4. The van der Waals surface area contributed by atoms with Gasteiger partial charge in [-0.1, -0.05) is 11.6 Å². The fourth-order valence-electron chi connectivity index (χ4n) is 3.47. The largest absolute Gasteiger partial charge is 0.507 e. The van der Waals surface area contributed by atoms with Gasteiger partial charge in [0.15, 0.2) is 0 Å². The van der Waals surface area contributed by atoms with Gasteiger partial charge in [0, 0.05) is 29.6 Å². The summed E-state index contributed by atoms with van der Waals surface area (Å²) in [6.07, 6.45) is 0.981. The second kappa shape index (κ2) is 6.74. The normalized spacial score (nSPS) is 17.0. The highest BCUT2D eigenvalue weighted by Crippen LogP contribution is 2.37. The Balaban J connectivity index is 1.88. The standard InChI is InChI=1S/C21H23N3OS/c1-13-3-4-19(25)17(9-13)18-10-15(21-14(2)6-8-26-21)11-20(23-18)24-7-5-16(22)12-24/h3-4,6,8-11,16,25H,5,7,12,22H2,1-2H3. The number of anilines is 1. The van der Waals surface area contributed by atoms with Crippen LogP contribution in [0.4, 0.5) is 5.82 Å². The van der Waals surface area contributed by atoms with E-state index in [0.29, 0.717) is 0 Å². The van der Waals surface area contributed by atoms with Crippen LogP contribution >= 0.6 is 11.3 Å². The van der Waals surface area contributed by atoms with E-state index in [1.165, 1.54) is 10.4 Å². The summed E-state index contributed by atoms with van der Waals surface area (Å²) in [5, 5.41) is 12.5. The molecule has 3 aromatic rings. The molecular weight excluding hydrogens is 342 g/mol. The zero-order valence-corrected chi connectivity index (χ0v) is 15.9. The van der Waals surface area contributed by atoms with Crippen LogP contribution < -0.4 is 10.6 Å². The van der Waals surface area contributed by atoms with E-state index in [1.54, 1.807) is 17.4 Å². The molecule has 134 valence electrons. The Bertz CT molecular complexity index is 950. The first-order valence-electron chi connectivity index (χ1n) is 8.88. The molecule has 4 rings (SSSR count). The molecule has 1 saturated heterocycles. The van der Waals surface area contributed by atoms with Crippen molar-refractivity contribution in [2.45, 2.75) is 26.3 Å². The number of aromatic nitrogens is 1. The lowest BCUT2D eigenvalue weighted by Gasteiger charge is -2.19. The Hall–Kier alpha value is -2.37. The number of nitrogens with zero attached hydrogens (tertiary/aromatic N) is 2. The van der Waals surface area contributed by atoms with Gasteiger partial charge in [0.25, 0.3) is 0 Å². The molecule has 1 fully saturated rings. The quantitative estimate of drug-likeness (QED) is 0.725. The average Bonchev–Trinajstić information content (AvgIpc) is 3.25. The van der Waals surface area contributed by atoms with E-state index in [4.69, 9.17) is 10.7 Å². The minimum atomic E-state index is 0.194. The maximum absolute atomic E-state index is 10.4. The van der Waals surface area contributed by atoms with Gasteiger partial charge in [0.05, 0.1) is 5.69 Å². The fourth-order valence-corrected chi connectivity index (χ4v) is 4.38. The number of phenols is 1. The number of thiophene rings is 1. The summed E-state index contributed by atoms with van der Waals surface area (Å²) in [5.74, 6) is 1.19. The number of pyridine rings is 1. The molecule has 0 spiro atoms. The molecule has 26 heavy (non-hydrogen) atoms. The number of nitrogens with two attached hydrogens (primary N) is 1. The van der Waals surface area contributed by atoms with Crippen molar-refractivity contribution < 1.29 is 5.11 Å². The molecular formula is C21H23N3OS. The van der Waals surface area contributed by atoms with Crippen molar-refractivity contribution in [1.29, 1.82) is 0 Å². The van der Waals surface area contributed by atoms with E-state index < -0.39 is 0 Å². The zero-order chi connectivity index (χ0) is 18.3. The summed E-state index contributed by atoms with van der Waals surface area (Å²) >= 11 is 1.73. The summed E-state index contributed by atoms with van der Waals surface area (Å²) in [6.45, 7) is 5.89. The van der Waals surface area contributed by atoms with Gasteiger partial charge in [-0.05, 0) is 67.1 Å². The Morgan fingerprint density at radius 2 is 2.04 bits per heavy atom. The van der Waals surface area contributed by atoms with Crippen LogP contribution in [0, 0.1) is 13.8 Å². The first kappa shape index (κ1) is 17.1. The smallest absolute Gasteiger partial charge is 0.129 e. The van der Waals surface area contributed by atoms with Crippen LogP contribution in [0.2, 0.25) is 0 Å². The van der Waals surface area contributed by atoms with Crippen molar-refractivity contribution in [3.05, 3.63) is 52.9 Å². The molecule has 4 nitrogen and oxygen atoms in total. The van der Waals surface area contributed by atoms with Crippen LogP contribution in [0.1, 0.15) is 17.5 Å². The van der Waals surface area contributed by atoms with Gasteiger partial charge in [0.2, 0.25) is 0 Å². The first-order chi connectivity index (χ1) is 12.5. The van der Waals surface area contributed by atoms with Crippen LogP contribution in [0.5, 0.6) is 5.75 Å². The van der Waals surface area contributed by atoms with E-state index in [1.807, 2.05) is 19.1 Å². The summed E-state index contributed by atoms with van der Waals surface area (Å²) in [4.78, 5) is 8.36. The summed E-state index contributed by atoms with van der Waals surface area (Å²) in [5.41, 5.74) is 11.2. The van der Waals surface area contributed by atoms with Crippen LogP contribution in [0.15, 0.2) is 41.8 Å². The lowest BCUT2D eigenvalue weighted by molar-refractivity contribution is 0.477. The number of aromatic hydroxyl groups is 1. The molecule has 5 heteroatoms. The van der Waals surface area contributed by atoms with Crippen LogP contribution in [0.25, 0.3) is 21.7 Å². The molecule has 3 N–H and O–H groups in total. The topological polar surface area (TPSA) is 62.4 Å². The number of aryl methyl sites for hydroxylation is 2. The van der Waals surface area contributed by atoms with Crippen molar-refractivity contribution in [1.82, 2.24) is 4.98 Å². The third kappa shape index (κ3) is 3.20. The molecule has 1 aliphatic rings. The Kier molecular flexibility index (Phi) is 4.42. The maximum Gasteiger partial charge on any atom is 0.129 e. The number of hydrogen-bond acceptors (Lipinski definition) is 5. The third-order valence-electron chi connectivity index (χ3n) is 4.91. The molecule has 1 aliphatic heterocycles. The summed E-state index contributed by atoms with van der Waals surface area (Å²) in [7, 11) is 0. The monoisotopic (exact) mass is 365 g/mol. The predicted octanol–water partition coefficient (Wildman–Crippen LogP) is 4.34. The van der Waals surface area contributed by atoms with Gasteiger partial charge in [-0.15, -0.1) is 11.3 Å². The van der Waals surface area contributed by atoms with Crippen molar-refractivity contribution >= 4 is 17.2 Å². The Morgan fingerprint density at radius 1 is 1.19 bits per heavy atom. The van der Waals surface area contributed by atoms with Crippen LogP contribution in [0.3, 0.4) is 0 Å². The summed E-state index contributed by atoms with van der Waals surface area (Å²) in [6, 6.07) is 12.2. The van der Waals surface area contributed by atoms with Gasteiger partial charge in [0.1, 0.15) is 11.6 Å². The predicted molar refractivity (Wildman–Crippen MR) is 109 cm³/mol. The van der Waals surface area contributed by atoms with Crippen molar-refractivity contribution in [3.8, 4) is 27.4 Å². The van der Waals surface area contributed by atoms with Gasteiger partial charge in [-0.3, -0.25) is 0 Å². The minimum Gasteiger partial charge on any atom is -0.507 e. The Morgan fingerprint density at radius 3 is 2.73 bits per heavy atom. The molecule has 0 aliphatic carbocycles. The molecule has 0 bridgehead atoms. The molecule has 3 heterocycles. The second-order valence-corrected chi connectivity index (χ2v) is 7.96. The first-order valence-corrected chi connectivity index (χ1v) is 9.76. The van der Waals surface area contributed by atoms with Crippen LogP contribution in [-0.2, 0) is 0 Å². The lowest BCUT2D eigenvalue weighted by atomic mass is 10.0. The van der Waals surface area contributed by atoms with E-state index in [0.717, 1.165) is 47.7 Å². The highest BCUT2D eigenvalue weighted by atomic mass is 32.1. The molecule has 0 amide bonds. The van der Waals surface area contributed by atoms with Crippen LogP contribution in [-0.4, -0.2) is 29.2 Å². The van der Waals surface area contributed by atoms with Crippen molar-refractivity contribution in [2.75, 3.05) is 18.0 Å². The lowest BCUT2D eigenvalue weighted by Crippen LogP contribution is -2.26. The highest BCUT2D eigenvalue weighted by molar-refractivity contribution is 7.13. The van der Waals surface area contributed by atoms with E-state index >= 15 is 0 Å². The van der Waals surface area contributed by atoms with Crippen molar-refractivity contribution in [3.63, 3.8) is 0 Å². The second-order valence-electron chi connectivity index (χ2n) is 7.05. The van der Waals surface area contributed by atoms with E-state index in [9.17, 15) is 5.11 Å². The van der Waals surface area contributed by atoms with E-state index in [-0.39, 0.29) is 11.8 Å². The van der Waals surface area contributed by atoms with Gasteiger partial charge in [-0.25, -0.2) is 4.98 Å². The molecule has 1 atom stereocenters. The third-order valence-corrected chi connectivity index (χ3v) is 5.98. The number of phenolic OH excluding ortho intramolecular Hbond substituents is 1. The number of benzene rings is 1. The molecule has 1 unspecified atom stereocenters. The van der Waals surface area contributed by atoms with E-state index in [2.05, 4.69) is 35.4 Å². The van der Waals surface area contributed by atoms with Gasteiger partial charge in [-0.2, -0.15) is 0 Å². The SMILES string of the molecule is Cc1ccc(O)c(-c2cc(-c3sccc3C)cc(N3CCC(N)C3)n2)c1. The summed E-state index contributed by atoms with van der Waals surface area (Å²) < 4.78 is 0. The molecule has 0 radical (unpaired) electrons. The molecule has 2 aromatic heterocycles. The minimum absolute atomic E-state index is 0.194. The number of rotatable bonds is 3. The zero-order valence-electron chi connectivity index (χ0n) is 15.1. The molecule has 1 aromatic carbocycles. The molecule has 0 saturated carbocycles. The Labute approximate surface area is 157 Å². The van der Waals surface area contributed by atoms with Gasteiger partial charge >= 0.3 is 0 Å². The number of hydrogen-bond donors (Lipinski definition) is 2.